The summed E-state index contributed by atoms with van der Waals surface area (Å²) in [5.41, 5.74) is -0.385. The Hall–Kier alpha value is -2.94. The summed E-state index contributed by atoms with van der Waals surface area (Å²) >= 11 is 0.839. The van der Waals surface area contributed by atoms with Crippen molar-refractivity contribution in [1.82, 2.24) is 0 Å². The van der Waals surface area contributed by atoms with E-state index in [4.69, 9.17) is 10.1 Å². The summed E-state index contributed by atoms with van der Waals surface area (Å²) in [6, 6.07) is 8.72. The Morgan fingerprint density at radius 2 is 1.96 bits per heavy atom. The molecule has 2 aromatic carbocycles. The first-order chi connectivity index (χ1) is 12.7. The third-order valence-electron chi connectivity index (χ3n) is 3.76. The third-order valence-corrected chi connectivity index (χ3v) is 4.65. The minimum absolute atomic E-state index is 0.0287. The van der Waals surface area contributed by atoms with Crippen molar-refractivity contribution in [3.63, 3.8) is 0 Å². The lowest BCUT2D eigenvalue weighted by molar-refractivity contribution is -0.137. The zero-order valence-electron chi connectivity index (χ0n) is 13.9. The van der Waals surface area contributed by atoms with Gasteiger partial charge in [-0.25, -0.2) is 0 Å². The highest BCUT2D eigenvalue weighted by atomic mass is 32.2. The van der Waals surface area contributed by atoms with Crippen molar-refractivity contribution >= 4 is 34.6 Å². The van der Waals surface area contributed by atoms with Gasteiger partial charge in [0.15, 0.2) is 16.7 Å². The molecule has 2 N–H and O–H groups in total. The van der Waals surface area contributed by atoms with Crippen molar-refractivity contribution in [3.05, 3.63) is 58.5 Å². The fourth-order valence-corrected chi connectivity index (χ4v) is 3.34. The molecule has 1 fully saturated rings. The van der Waals surface area contributed by atoms with Gasteiger partial charge in [-0.1, -0.05) is 12.1 Å². The van der Waals surface area contributed by atoms with E-state index in [0.717, 1.165) is 28.8 Å². The fourth-order valence-electron chi connectivity index (χ4n) is 2.48. The van der Waals surface area contributed by atoms with E-state index in [0.29, 0.717) is 5.56 Å². The van der Waals surface area contributed by atoms with Crippen molar-refractivity contribution in [2.75, 3.05) is 12.0 Å². The molecule has 1 aliphatic heterocycles. The molecular formula is C18H13F3N2O3S. The maximum Gasteiger partial charge on any atom is 0.416 e. The number of benzene rings is 2. The Labute approximate surface area is 156 Å². The van der Waals surface area contributed by atoms with Gasteiger partial charge >= 0.3 is 6.18 Å². The van der Waals surface area contributed by atoms with Gasteiger partial charge in [0.25, 0.3) is 5.91 Å². The Morgan fingerprint density at radius 3 is 2.63 bits per heavy atom. The van der Waals surface area contributed by atoms with Crippen LogP contribution in [0, 0.1) is 5.41 Å². The Kier molecular flexibility index (Phi) is 4.88. The first-order valence-electron chi connectivity index (χ1n) is 7.57. The molecule has 2 aromatic rings. The molecule has 140 valence electrons. The highest BCUT2D eigenvalue weighted by Gasteiger charge is 2.36. The monoisotopic (exact) mass is 394 g/mol. The molecule has 0 aromatic heterocycles. The summed E-state index contributed by atoms with van der Waals surface area (Å²) in [5.74, 6) is -0.454. The molecule has 1 heterocycles. The standard InChI is InChI=1S/C18H13F3N2O3S/c1-26-14-7-10(5-6-13(14)24)8-15-16(25)23(17(22)27-15)12-4-2-3-11(9-12)18(19,20)21/h2-9,22,24H,1H3/b15-8-,22-17?. The van der Waals surface area contributed by atoms with Gasteiger partial charge in [-0.05, 0) is 53.7 Å². The fraction of sp³-hybridized carbons (Fsp3) is 0.111. The number of phenolic OH excluding ortho intramolecular Hbond substituents is 1. The second-order valence-corrected chi connectivity index (χ2v) is 6.57. The molecule has 27 heavy (non-hydrogen) atoms. The summed E-state index contributed by atoms with van der Waals surface area (Å²) in [4.78, 5) is 13.7. The second-order valence-electron chi connectivity index (χ2n) is 5.54. The summed E-state index contributed by atoms with van der Waals surface area (Å²) in [6.07, 6.45) is -3.06. The predicted molar refractivity (Wildman–Crippen MR) is 96.9 cm³/mol. The van der Waals surface area contributed by atoms with Crippen molar-refractivity contribution in [3.8, 4) is 11.5 Å². The van der Waals surface area contributed by atoms with Crippen molar-refractivity contribution in [2.45, 2.75) is 6.18 Å². The van der Waals surface area contributed by atoms with Crippen LogP contribution in [-0.4, -0.2) is 23.3 Å². The SMILES string of the molecule is COc1cc(/C=C2\SC(=N)N(c3cccc(C(F)(F)F)c3)C2=O)ccc1O. The van der Waals surface area contributed by atoms with Crippen LogP contribution in [0.25, 0.3) is 6.08 Å². The van der Waals surface area contributed by atoms with Crippen LogP contribution in [-0.2, 0) is 11.0 Å². The number of rotatable bonds is 3. The molecule has 0 radical (unpaired) electrons. The number of carbonyl (C=O) groups excluding carboxylic acids is 1. The summed E-state index contributed by atoms with van der Waals surface area (Å²) in [5, 5.41) is 17.4. The lowest BCUT2D eigenvalue weighted by Gasteiger charge is -2.16. The number of carbonyl (C=O) groups is 1. The topological polar surface area (TPSA) is 73.6 Å². The molecule has 1 saturated heterocycles. The molecule has 1 aliphatic rings. The van der Waals surface area contributed by atoms with Gasteiger partial charge in [0, 0.05) is 0 Å². The zero-order chi connectivity index (χ0) is 19.8. The third kappa shape index (κ3) is 3.77. The molecule has 0 bridgehead atoms. The summed E-state index contributed by atoms with van der Waals surface area (Å²) in [7, 11) is 1.38. The number of methoxy groups -OCH3 is 1. The number of nitrogens with zero attached hydrogens (tertiary/aromatic N) is 1. The van der Waals surface area contributed by atoms with Gasteiger partial charge in [-0.2, -0.15) is 13.2 Å². The molecule has 0 atom stereocenters. The van der Waals surface area contributed by atoms with Gasteiger partial charge < -0.3 is 9.84 Å². The number of thioether (sulfide) groups is 1. The number of hydrogen-bond donors (Lipinski definition) is 2. The van der Waals surface area contributed by atoms with Crippen LogP contribution >= 0.6 is 11.8 Å². The smallest absolute Gasteiger partial charge is 0.416 e. The minimum atomic E-state index is -4.55. The van der Waals surface area contributed by atoms with Gasteiger partial charge in [0.1, 0.15) is 0 Å². The average Bonchev–Trinajstić information content (AvgIpc) is 2.89. The predicted octanol–water partition coefficient (Wildman–Crippen LogP) is 4.48. The lowest BCUT2D eigenvalue weighted by Crippen LogP contribution is -2.28. The van der Waals surface area contributed by atoms with E-state index in [9.17, 15) is 23.1 Å². The number of amidine groups is 1. The summed E-state index contributed by atoms with van der Waals surface area (Å²) < 4.78 is 43.7. The Morgan fingerprint density at radius 1 is 1.22 bits per heavy atom. The Balaban J connectivity index is 1.94. The lowest BCUT2D eigenvalue weighted by atomic mass is 10.1. The number of alkyl halides is 3. The maximum atomic E-state index is 12.9. The molecule has 0 saturated carbocycles. The first kappa shape index (κ1) is 18.8. The number of nitrogens with one attached hydrogen (secondary N) is 1. The molecule has 5 nitrogen and oxygen atoms in total. The molecule has 0 aliphatic carbocycles. The highest BCUT2D eigenvalue weighted by Crippen LogP contribution is 2.38. The quantitative estimate of drug-likeness (QED) is 0.753. The number of ether oxygens (including phenoxy) is 1. The van der Waals surface area contributed by atoms with Gasteiger partial charge in [-0.3, -0.25) is 15.1 Å². The van der Waals surface area contributed by atoms with Gasteiger partial charge in [-0.15, -0.1) is 0 Å². The van der Waals surface area contributed by atoms with Crippen LogP contribution in [0.4, 0.5) is 18.9 Å². The van der Waals surface area contributed by atoms with Crippen LogP contribution in [0.1, 0.15) is 11.1 Å². The van der Waals surface area contributed by atoms with Crippen molar-refractivity contribution in [2.24, 2.45) is 0 Å². The molecule has 3 rings (SSSR count). The van der Waals surface area contributed by atoms with Gasteiger partial charge in [0.2, 0.25) is 0 Å². The van der Waals surface area contributed by atoms with Crippen molar-refractivity contribution in [1.29, 1.82) is 5.41 Å². The van der Waals surface area contributed by atoms with Crippen molar-refractivity contribution < 1.29 is 27.8 Å². The molecular weight excluding hydrogens is 381 g/mol. The maximum absolute atomic E-state index is 12.9. The number of halogens is 3. The van der Waals surface area contributed by atoms with E-state index in [2.05, 4.69) is 0 Å². The molecule has 1 amide bonds. The first-order valence-corrected chi connectivity index (χ1v) is 8.39. The largest absolute Gasteiger partial charge is 0.504 e. The number of phenols is 1. The van der Waals surface area contributed by atoms with E-state index in [1.165, 1.54) is 37.5 Å². The number of anilines is 1. The van der Waals surface area contributed by atoms with E-state index in [1.807, 2.05) is 0 Å². The highest BCUT2D eigenvalue weighted by molar-refractivity contribution is 8.19. The van der Waals surface area contributed by atoms with Crippen LogP contribution in [0.2, 0.25) is 0 Å². The zero-order valence-corrected chi connectivity index (χ0v) is 14.7. The minimum Gasteiger partial charge on any atom is -0.504 e. The second kappa shape index (κ2) is 6.99. The number of hydrogen-bond acceptors (Lipinski definition) is 5. The molecule has 0 unspecified atom stereocenters. The van der Waals surface area contributed by atoms with Crippen LogP contribution in [0.3, 0.4) is 0 Å². The average molecular weight is 394 g/mol. The summed E-state index contributed by atoms with van der Waals surface area (Å²) in [6.45, 7) is 0. The van der Waals surface area contributed by atoms with E-state index < -0.39 is 17.6 Å². The van der Waals surface area contributed by atoms with Crippen LogP contribution < -0.4 is 9.64 Å². The van der Waals surface area contributed by atoms with Crippen LogP contribution in [0.5, 0.6) is 11.5 Å². The van der Waals surface area contributed by atoms with Crippen LogP contribution in [0.15, 0.2) is 47.4 Å². The molecule has 9 heteroatoms. The number of amides is 1. The Bertz CT molecular complexity index is 957. The molecule has 0 spiro atoms. The van der Waals surface area contributed by atoms with E-state index in [1.54, 1.807) is 6.07 Å². The normalized spacial score (nSPS) is 16.3. The van der Waals surface area contributed by atoms with E-state index in [-0.39, 0.29) is 27.3 Å². The number of aromatic hydroxyl groups is 1. The van der Waals surface area contributed by atoms with Gasteiger partial charge in [0.05, 0.1) is 23.3 Å². The van der Waals surface area contributed by atoms with E-state index >= 15 is 0 Å².